The molecule has 0 aliphatic heterocycles. The van der Waals surface area contributed by atoms with E-state index in [-0.39, 0.29) is 5.54 Å². The van der Waals surface area contributed by atoms with Gasteiger partial charge in [0.2, 0.25) is 0 Å². The molecule has 0 fully saturated rings. The smallest absolute Gasteiger partial charge is 0.0992 e. The molecule has 1 rings (SSSR count). The number of hydrogen-bond acceptors (Lipinski definition) is 3. The summed E-state index contributed by atoms with van der Waals surface area (Å²) in [6.07, 6.45) is 0.447. The third kappa shape index (κ3) is 2.83. The van der Waals surface area contributed by atoms with E-state index in [1.54, 1.807) is 13.0 Å². The molecular formula is C15H22N2O. The minimum absolute atomic E-state index is 0.0162. The lowest BCUT2D eigenvalue weighted by Gasteiger charge is -2.38. The van der Waals surface area contributed by atoms with Crippen molar-refractivity contribution in [3.8, 4) is 6.07 Å². The van der Waals surface area contributed by atoms with Gasteiger partial charge in [-0.3, -0.25) is 0 Å². The van der Waals surface area contributed by atoms with Crippen molar-refractivity contribution in [2.24, 2.45) is 0 Å². The summed E-state index contributed by atoms with van der Waals surface area (Å²) in [5.74, 6) is 0. The van der Waals surface area contributed by atoms with E-state index in [2.05, 4.69) is 31.7 Å². The molecule has 0 saturated carbocycles. The monoisotopic (exact) mass is 246 g/mol. The maximum Gasteiger partial charge on any atom is 0.0992 e. The Hall–Kier alpha value is -1.53. The molecule has 3 nitrogen and oxygen atoms in total. The highest BCUT2D eigenvalue weighted by atomic mass is 16.3. The van der Waals surface area contributed by atoms with Gasteiger partial charge in [-0.2, -0.15) is 5.26 Å². The molecule has 1 aromatic carbocycles. The summed E-state index contributed by atoms with van der Waals surface area (Å²) in [5, 5.41) is 18.8. The summed E-state index contributed by atoms with van der Waals surface area (Å²) < 4.78 is 0. The lowest BCUT2D eigenvalue weighted by Crippen LogP contribution is -2.41. The second kappa shape index (κ2) is 5.41. The fourth-order valence-corrected chi connectivity index (χ4v) is 1.82. The van der Waals surface area contributed by atoms with Gasteiger partial charge in [-0.05, 0) is 39.3 Å². The van der Waals surface area contributed by atoms with Crippen LogP contribution in [0.1, 0.15) is 51.3 Å². The Balaban J connectivity index is 3.32. The number of aliphatic hydroxyl groups is 1. The highest BCUT2D eigenvalue weighted by Crippen LogP contribution is 2.32. The van der Waals surface area contributed by atoms with Crippen molar-refractivity contribution < 1.29 is 5.11 Å². The van der Waals surface area contributed by atoms with Gasteiger partial charge in [-0.1, -0.05) is 13.0 Å². The van der Waals surface area contributed by atoms with Gasteiger partial charge in [-0.15, -0.1) is 0 Å². The average molecular weight is 246 g/mol. The lowest BCUT2D eigenvalue weighted by atomic mass is 9.96. The van der Waals surface area contributed by atoms with Gasteiger partial charge in [0.1, 0.15) is 0 Å². The van der Waals surface area contributed by atoms with Gasteiger partial charge in [0.15, 0.2) is 0 Å². The first-order valence-electron chi connectivity index (χ1n) is 6.29. The van der Waals surface area contributed by atoms with E-state index in [1.807, 2.05) is 19.2 Å². The standard InChI is InChI=1S/C15H22N2O/c1-6-15(3,4)17(5)14-9-12(10-16)7-8-13(14)11(2)18/h7-9,11,18H,6H2,1-5H3/t11-/m1/s1. The van der Waals surface area contributed by atoms with Crippen LogP contribution in [-0.2, 0) is 0 Å². The van der Waals surface area contributed by atoms with Crippen molar-refractivity contribution in [3.05, 3.63) is 29.3 Å². The molecule has 3 heteroatoms. The van der Waals surface area contributed by atoms with E-state index in [1.165, 1.54) is 0 Å². The molecule has 0 aliphatic carbocycles. The normalized spacial score (nSPS) is 12.9. The summed E-state index contributed by atoms with van der Waals surface area (Å²) in [5.41, 5.74) is 2.39. The Morgan fingerprint density at radius 1 is 1.44 bits per heavy atom. The van der Waals surface area contributed by atoms with Crippen LogP contribution in [0.25, 0.3) is 0 Å². The first-order chi connectivity index (χ1) is 8.33. The zero-order valence-corrected chi connectivity index (χ0v) is 11.9. The second-order valence-corrected chi connectivity index (χ2v) is 5.29. The van der Waals surface area contributed by atoms with Crippen molar-refractivity contribution in [1.29, 1.82) is 5.26 Å². The summed E-state index contributed by atoms with van der Waals surface area (Å²) in [6.45, 7) is 8.18. The van der Waals surface area contributed by atoms with E-state index in [9.17, 15) is 5.11 Å². The van der Waals surface area contributed by atoms with E-state index in [4.69, 9.17) is 5.26 Å². The first-order valence-corrected chi connectivity index (χ1v) is 6.29. The van der Waals surface area contributed by atoms with Gasteiger partial charge in [0.25, 0.3) is 0 Å². The highest BCUT2D eigenvalue weighted by Gasteiger charge is 2.24. The Bertz CT molecular complexity index is 458. The largest absolute Gasteiger partial charge is 0.389 e. The third-order valence-corrected chi connectivity index (χ3v) is 3.74. The van der Waals surface area contributed by atoms with Crippen LogP contribution in [0.5, 0.6) is 0 Å². The Morgan fingerprint density at radius 3 is 2.50 bits per heavy atom. The topological polar surface area (TPSA) is 47.3 Å². The van der Waals surface area contributed by atoms with Crippen LogP contribution in [0, 0.1) is 11.3 Å². The predicted octanol–water partition coefficient (Wildman–Crippen LogP) is 3.24. The molecule has 0 amide bonds. The fourth-order valence-electron chi connectivity index (χ4n) is 1.82. The SMILES string of the molecule is CCC(C)(C)N(C)c1cc(C#N)ccc1[C@@H](C)O. The van der Waals surface area contributed by atoms with Crippen molar-refractivity contribution in [2.75, 3.05) is 11.9 Å². The third-order valence-electron chi connectivity index (χ3n) is 3.74. The number of anilines is 1. The maximum atomic E-state index is 9.85. The molecule has 0 heterocycles. The fraction of sp³-hybridized carbons (Fsp3) is 0.533. The van der Waals surface area contributed by atoms with Crippen molar-refractivity contribution >= 4 is 5.69 Å². The summed E-state index contributed by atoms with van der Waals surface area (Å²) in [4.78, 5) is 2.13. The Morgan fingerprint density at radius 2 is 2.06 bits per heavy atom. The molecule has 0 aromatic heterocycles. The van der Waals surface area contributed by atoms with Crippen LogP contribution in [-0.4, -0.2) is 17.7 Å². The minimum Gasteiger partial charge on any atom is -0.389 e. The minimum atomic E-state index is -0.539. The van der Waals surface area contributed by atoms with Crippen LogP contribution in [0.15, 0.2) is 18.2 Å². The highest BCUT2D eigenvalue weighted by molar-refractivity contribution is 5.59. The molecule has 0 saturated heterocycles. The number of rotatable bonds is 4. The van der Waals surface area contributed by atoms with Crippen molar-refractivity contribution in [1.82, 2.24) is 0 Å². The van der Waals surface area contributed by atoms with Crippen molar-refractivity contribution in [2.45, 2.75) is 45.8 Å². The number of benzene rings is 1. The molecule has 18 heavy (non-hydrogen) atoms. The second-order valence-electron chi connectivity index (χ2n) is 5.29. The molecule has 0 spiro atoms. The summed E-state index contributed by atoms with van der Waals surface area (Å²) in [7, 11) is 2.01. The molecule has 1 atom stereocenters. The lowest BCUT2D eigenvalue weighted by molar-refractivity contribution is 0.199. The van der Waals surface area contributed by atoms with Gasteiger partial charge in [-0.25, -0.2) is 0 Å². The zero-order chi connectivity index (χ0) is 13.9. The Labute approximate surface area is 110 Å². The first kappa shape index (κ1) is 14.5. The van der Waals surface area contributed by atoms with E-state index in [0.29, 0.717) is 5.56 Å². The molecule has 0 radical (unpaired) electrons. The predicted molar refractivity (Wildman–Crippen MR) is 74.6 cm³/mol. The van der Waals surface area contributed by atoms with Gasteiger partial charge < -0.3 is 10.0 Å². The van der Waals surface area contributed by atoms with E-state index < -0.39 is 6.10 Å². The molecule has 1 N–H and O–H groups in total. The number of nitriles is 1. The van der Waals surface area contributed by atoms with Crippen molar-refractivity contribution in [3.63, 3.8) is 0 Å². The van der Waals surface area contributed by atoms with Gasteiger partial charge in [0.05, 0.1) is 17.7 Å². The number of hydrogen-bond donors (Lipinski definition) is 1. The van der Waals surface area contributed by atoms with Crippen LogP contribution in [0.4, 0.5) is 5.69 Å². The van der Waals surface area contributed by atoms with Gasteiger partial charge >= 0.3 is 0 Å². The molecule has 0 bridgehead atoms. The Kier molecular flexibility index (Phi) is 4.37. The number of aliphatic hydroxyl groups excluding tert-OH is 1. The molecule has 98 valence electrons. The number of nitrogens with zero attached hydrogens (tertiary/aromatic N) is 2. The van der Waals surface area contributed by atoms with E-state index >= 15 is 0 Å². The molecule has 0 aliphatic rings. The summed E-state index contributed by atoms with van der Waals surface area (Å²) >= 11 is 0. The van der Waals surface area contributed by atoms with Gasteiger partial charge in [0, 0.05) is 23.8 Å². The zero-order valence-electron chi connectivity index (χ0n) is 11.9. The molecule has 1 aromatic rings. The van der Waals surface area contributed by atoms with Crippen LogP contribution < -0.4 is 4.90 Å². The van der Waals surface area contributed by atoms with E-state index in [0.717, 1.165) is 17.7 Å². The quantitative estimate of drug-likeness (QED) is 0.887. The molecule has 0 unspecified atom stereocenters. The maximum absolute atomic E-state index is 9.85. The van der Waals surface area contributed by atoms with Crippen LogP contribution in [0.2, 0.25) is 0 Å². The summed E-state index contributed by atoms with van der Waals surface area (Å²) in [6, 6.07) is 7.58. The van der Waals surface area contributed by atoms with Crippen LogP contribution in [0.3, 0.4) is 0 Å². The van der Waals surface area contributed by atoms with Crippen LogP contribution >= 0.6 is 0 Å². The average Bonchev–Trinajstić information content (AvgIpc) is 2.36. The molecular weight excluding hydrogens is 224 g/mol.